The zero-order valence-electron chi connectivity index (χ0n) is 57.7. The van der Waals surface area contributed by atoms with Crippen molar-refractivity contribution in [3.8, 4) is 0 Å². The van der Waals surface area contributed by atoms with Gasteiger partial charge in [0.25, 0.3) is 5.91 Å². The number of rotatable bonds is 15. The molecule has 25 nitrogen and oxygen atoms in total. The van der Waals surface area contributed by atoms with Crippen LogP contribution in [-0.2, 0) is 52.3 Å². The van der Waals surface area contributed by atoms with E-state index in [1.165, 1.54) is 36.9 Å². The Morgan fingerprint density at radius 2 is 1.58 bits per heavy atom. The van der Waals surface area contributed by atoms with Gasteiger partial charge in [-0.25, -0.2) is 9.18 Å². The number of methoxy groups -OCH3 is 1. The number of likely N-dealkylation sites (N-methyl/N-ethyl adjacent to an activating group) is 3. The molecule has 0 radical (unpaired) electrons. The van der Waals surface area contributed by atoms with Gasteiger partial charge in [0.15, 0.2) is 18.7 Å². The number of esters is 2. The van der Waals surface area contributed by atoms with Crippen LogP contribution in [-0.4, -0.2) is 255 Å². The molecular weight excluding hydrogens is 1250 g/mol. The number of aliphatic hydroxyl groups excluding tert-OH is 2. The van der Waals surface area contributed by atoms with Crippen LogP contribution >= 0.6 is 11.8 Å². The first-order valence-corrected chi connectivity index (χ1v) is 34.1. The Hall–Kier alpha value is -5.40. The number of piperazine rings is 1. The predicted octanol–water partition coefficient (Wildman–Crippen LogP) is 3.66. The number of carbonyl (C=O) groups excluding carboxylic acids is 5. The number of ether oxygens (including phenoxy) is 7. The molecule has 21 unspecified atom stereocenters. The maximum absolute atomic E-state index is 15.7. The first kappa shape index (κ1) is 73.8. The molecule has 0 aliphatic carbocycles. The molecule has 21 atom stereocenters. The monoisotopic (exact) mass is 1350 g/mol. The van der Waals surface area contributed by atoms with Crippen molar-refractivity contribution in [2.24, 2.45) is 11.8 Å². The molecular formula is C68H101FN8O17S. The summed E-state index contributed by atoms with van der Waals surface area (Å²) in [6.45, 7) is 21.8. The average Bonchev–Trinajstić information content (AvgIpc) is 1.57. The van der Waals surface area contributed by atoms with E-state index in [4.69, 9.17) is 33.2 Å². The van der Waals surface area contributed by atoms with Crippen molar-refractivity contribution in [2.75, 3.05) is 72.9 Å². The molecule has 7 N–H and O–H groups in total. The second-order valence-corrected chi connectivity index (χ2v) is 30.6. The van der Waals surface area contributed by atoms with Crippen LogP contribution in [0.5, 0.6) is 0 Å². The van der Waals surface area contributed by atoms with E-state index in [1.54, 1.807) is 98.8 Å². The van der Waals surface area contributed by atoms with Crippen LogP contribution in [0.3, 0.4) is 0 Å². The van der Waals surface area contributed by atoms with E-state index < -0.39 is 165 Å². The minimum Gasteiger partial charge on any atom is -0.459 e. The lowest BCUT2D eigenvalue weighted by molar-refractivity contribution is -0.309. The van der Waals surface area contributed by atoms with Gasteiger partial charge in [-0.05, 0) is 133 Å². The lowest BCUT2D eigenvalue weighted by Crippen LogP contribution is -2.71. The Kier molecular flexibility index (Phi) is 22.7. The predicted molar refractivity (Wildman–Crippen MR) is 352 cm³/mol. The number of β-lactam (4-membered cyclic amide) rings is 1. The fourth-order valence-corrected chi connectivity index (χ4v) is 16.3. The van der Waals surface area contributed by atoms with Gasteiger partial charge in [-0.15, -0.1) is 11.8 Å². The van der Waals surface area contributed by atoms with E-state index in [0.29, 0.717) is 42.8 Å². The first-order valence-electron chi connectivity index (χ1n) is 33.2. The number of benzene rings is 2. The van der Waals surface area contributed by atoms with E-state index in [9.17, 15) is 44.4 Å². The highest BCUT2D eigenvalue weighted by atomic mass is 32.2. The topological polar surface area (TPSA) is 304 Å². The van der Waals surface area contributed by atoms with Crippen molar-refractivity contribution in [1.29, 1.82) is 0 Å². The van der Waals surface area contributed by atoms with Gasteiger partial charge in [0.2, 0.25) is 17.2 Å². The molecule has 0 spiro atoms. The Bertz CT molecular complexity index is 3300. The Labute approximate surface area is 560 Å². The number of aliphatic hydroxyl groups is 4. The average molecular weight is 1350 g/mol. The fraction of sp³-hybridized carbons (Fsp3) is 0.706. The summed E-state index contributed by atoms with van der Waals surface area (Å²) in [5.41, 5.74) is -4.97. The maximum Gasteiger partial charge on any atom is 0.330 e. The molecule has 0 bridgehead atoms. The quantitative estimate of drug-likeness (QED) is 0.0844. The van der Waals surface area contributed by atoms with E-state index in [-0.39, 0.29) is 42.6 Å². The SMILES string of the molecule is CCC1OC(=O)C(C)C(OC2CC(C)(OC)C(O)C(C)O2)CC(OC2OC(C)CC(N(C)C)C2OC(=O)C2N3C(=O)C(NC(=O)C(NC(=O)c4c[nH]c5cc(N6CCN(C)CC6)c(F)cc5c4=O)c4ccccc4)C3SC2(C)C)C(C)(O)CC(C)CN(C)C(C)C(O)C1(C)O. The van der Waals surface area contributed by atoms with Gasteiger partial charge in [0, 0.05) is 75.0 Å². The lowest BCUT2D eigenvalue weighted by atomic mass is 9.83. The van der Waals surface area contributed by atoms with Gasteiger partial charge in [-0.2, -0.15) is 0 Å². The molecule has 1 aromatic heterocycles. The summed E-state index contributed by atoms with van der Waals surface area (Å²) in [5.74, 6) is -5.98. The molecule has 6 fully saturated rings. The van der Waals surface area contributed by atoms with Gasteiger partial charge in [-0.1, -0.05) is 44.2 Å². The first-order chi connectivity index (χ1) is 44.5. The summed E-state index contributed by atoms with van der Waals surface area (Å²) in [7, 11) is 8.89. The van der Waals surface area contributed by atoms with E-state index in [2.05, 4.69) is 20.5 Å². The van der Waals surface area contributed by atoms with Gasteiger partial charge in [0.05, 0.1) is 58.8 Å². The summed E-state index contributed by atoms with van der Waals surface area (Å²) >= 11 is 1.27. The number of carbonyl (C=O) groups is 5. The number of hydrogen-bond acceptors (Lipinski definition) is 22. The molecule has 3 amide bonds. The Balaban J connectivity index is 0.974. The number of aromatic amines is 1. The minimum absolute atomic E-state index is 0.0238. The third kappa shape index (κ3) is 15.4. The molecule has 7 heterocycles. The number of nitrogens with zero attached hydrogens (tertiary/aromatic N) is 5. The summed E-state index contributed by atoms with van der Waals surface area (Å²) < 4.78 is 60.1. The number of H-pyrrole nitrogens is 1. The smallest absolute Gasteiger partial charge is 0.330 e. The number of aromatic nitrogens is 1. The lowest BCUT2D eigenvalue weighted by Gasteiger charge is -2.48. The van der Waals surface area contributed by atoms with E-state index in [0.717, 1.165) is 19.2 Å². The minimum atomic E-state index is -1.91. The number of thioether (sulfide) groups is 1. The highest BCUT2D eigenvalue weighted by Crippen LogP contribution is 2.52. The fourth-order valence-electron chi connectivity index (χ4n) is 14.7. The summed E-state index contributed by atoms with van der Waals surface area (Å²) in [5, 5.41) is 52.8. The Morgan fingerprint density at radius 3 is 2.22 bits per heavy atom. The molecule has 6 saturated heterocycles. The third-order valence-corrected chi connectivity index (χ3v) is 22.3. The maximum atomic E-state index is 15.7. The van der Waals surface area contributed by atoms with Crippen molar-refractivity contribution >= 4 is 58.0 Å². The molecule has 6 aliphatic rings. The second-order valence-electron chi connectivity index (χ2n) is 28.8. The zero-order chi connectivity index (χ0) is 69.7. The van der Waals surface area contributed by atoms with Crippen LogP contribution < -0.4 is 21.0 Å². The molecule has 2 aromatic carbocycles. The van der Waals surface area contributed by atoms with Gasteiger partial charge in [-0.3, -0.25) is 24.0 Å². The van der Waals surface area contributed by atoms with Crippen molar-refractivity contribution in [3.05, 3.63) is 75.8 Å². The van der Waals surface area contributed by atoms with Crippen LogP contribution in [0.15, 0.2) is 53.5 Å². The van der Waals surface area contributed by atoms with Gasteiger partial charge < -0.3 is 93.7 Å². The van der Waals surface area contributed by atoms with Crippen molar-refractivity contribution in [1.82, 2.24) is 35.2 Å². The van der Waals surface area contributed by atoms with Gasteiger partial charge >= 0.3 is 11.9 Å². The standard InChI is InChI=1S/C68H101FN8O17S/c1-17-48-68(11,87)56(79)38(5)75(15)34-35(2)31-66(9,86)49(30-47(37(4)62(84)92-48)91-50-32-67(10,88-16)57(80)39(6)90-50)93-64-54(46(73(12)13)27-36(3)89-64)94-63(85)55-65(7,8)95-61-52(60(83)77(55)61)72-59(82)51(40-21-19-18-20-22-40)71-58(81)42-33-70-44-29-45(43(69)28-41(44)53(42)78)76-25-23-74(14)24-26-76/h18-22,28-29,33,35-39,46-52,54-57,61,64,79-80,86-87H,17,23-27,30-32,34H2,1-16H3,(H,70,78)(H,71,81)(H,72,82). The van der Waals surface area contributed by atoms with Crippen molar-refractivity contribution < 1.29 is 81.9 Å². The van der Waals surface area contributed by atoms with Crippen molar-refractivity contribution in [2.45, 2.75) is 227 Å². The van der Waals surface area contributed by atoms with Crippen LogP contribution in [0.25, 0.3) is 10.9 Å². The highest BCUT2D eigenvalue weighted by molar-refractivity contribution is 8.01. The van der Waals surface area contributed by atoms with Gasteiger partial charge in [0.1, 0.15) is 58.8 Å². The number of fused-ring (bicyclic) bond motifs is 2. The van der Waals surface area contributed by atoms with E-state index in [1.807, 2.05) is 49.7 Å². The summed E-state index contributed by atoms with van der Waals surface area (Å²) in [4.78, 5) is 99.5. The summed E-state index contributed by atoms with van der Waals surface area (Å²) in [6.07, 6.45) is -9.46. The number of halogens is 1. The molecule has 95 heavy (non-hydrogen) atoms. The Morgan fingerprint density at radius 1 is 0.905 bits per heavy atom. The van der Waals surface area contributed by atoms with E-state index >= 15 is 9.18 Å². The number of hydrogen-bond donors (Lipinski definition) is 7. The molecule has 528 valence electrons. The molecule has 27 heteroatoms. The number of cyclic esters (lactones) is 1. The van der Waals surface area contributed by atoms with Crippen LogP contribution in [0.2, 0.25) is 0 Å². The van der Waals surface area contributed by atoms with Crippen LogP contribution in [0.1, 0.15) is 130 Å². The number of nitrogens with one attached hydrogen (secondary N) is 3. The normalized spacial score (nSPS) is 37.3. The molecule has 0 saturated carbocycles. The molecule has 9 rings (SSSR count). The van der Waals surface area contributed by atoms with Crippen LogP contribution in [0, 0.1) is 17.7 Å². The number of pyridine rings is 1. The summed E-state index contributed by atoms with van der Waals surface area (Å²) in [6, 6.07) is 5.89. The largest absolute Gasteiger partial charge is 0.459 e. The zero-order valence-corrected chi connectivity index (χ0v) is 58.5. The second kappa shape index (κ2) is 29.2. The van der Waals surface area contributed by atoms with Crippen LogP contribution in [0.4, 0.5) is 10.1 Å². The number of anilines is 1. The molecule has 3 aromatic rings. The third-order valence-electron chi connectivity index (χ3n) is 20.7. The number of amides is 3. The van der Waals surface area contributed by atoms with Crippen molar-refractivity contribution in [3.63, 3.8) is 0 Å². The highest BCUT2D eigenvalue weighted by Gasteiger charge is 2.65. The molecule has 6 aliphatic heterocycles.